The average molecular weight is 199 g/mol. The zero-order valence-electron chi connectivity index (χ0n) is 7.46. The number of hydrogen-bond donors (Lipinski definition) is 0. The smallest absolute Gasteiger partial charge is 0.147 e. The van der Waals surface area contributed by atoms with E-state index in [1.165, 1.54) is 0 Å². The van der Waals surface area contributed by atoms with Crippen LogP contribution in [0.25, 0.3) is 0 Å². The second-order valence-electron chi connectivity index (χ2n) is 3.59. The summed E-state index contributed by atoms with van der Waals surface area (Å²) in [4.78, 5) is 8.27. The SMILES string of the molecule is C[C@@]1(c2cncc(Cl)n2)CCOC1. The van der Waals surface area contributed by atoms with Crippen molar-refractivity contribution in [3.05, 3.63) is 23.2 Å². The molecule has 1 aliphatic rings. The van der Waals surface area contributed by atoms with Crippen molar-refractivity contribution < 1.29 is 4.74 Å². The molecule has 1 saturated heterocycles. The summed E-state index contributed by atoms with van der Waals surface area (Å²) >= 11 is 5.77. The van der Waals surface area contributed by atoms with Crippen molar-refractivity contribution in [2.75, 3.05) is 13.2 Å². The molecule has 0 radical (unpaired) electrons. The number of rotatable bonds is 1. The van der Waals surface area contributed by atoms with Crippen LogP contribution in [0.1, 0.15) is 19.0 Å². The minimum atomic E-state index is -0.00208. The Kier molecular flexibility index (Phi) is 2.22. The van der Waals surface area contributed by atoms with Gasteiger partial charge in [0.05, 0.1) is 18.5 Å². The Morgan fingerprint density at radius 2 is 2.38 bits per heavy atom. The molecule has 0 amide bonds. The maximum Gasteiger partial charge on any atom is 0.147 e. The summed E-state index contributed by atoms with van der Waals surface area (Å²) in [5.41, 5.74) is 0.926. The third kappa shape index (κ3) is 1.67. The third-order valence-electron chi connectivity index (χ3n) is 2.44. The van der Waals surface area contributed by atoms with Gasteiger partial charge >= 0.3 is 0 Å². The molecular formula is C9H11ClN2O. The predicted molar refractivity (Wildman–Crippen MR) is 49.8 cm³/mol. The Morgan fingerprint density at radius 1 is 1.54 bits per heavy atom. The Labute approximate surface area is 82.1 Å². The van der Waals surface area contributed by atoms with Crippen LogP contribution in [0.4, 0.5) is 0 Å². The lowest BCUT2D eigenvalue weighted by Gasteiger charge is -2.19. The maximum absolute atomic E-state index is 5.77. The molecule has 1 atom stereocenters. The van der Waals surface area contributed by atoms with E-state index >= 15 is 0 Å². The number of ether oxygens (including phenoxy) is 1. The molecule has 0 aromatic carbocycles. The number of nitrogens with zero attached hydrogens (tertiary/aromatic N) is 2. The van der Waals surface area contributed by atoms with Crippen LogP contribution < -0.4 is 0 Å². The summed E-state index contributed by atoms with van der Waals surface area (Å²) < 4.78 is 5.34. The molecule has 0 aliphatic carbocycles. The van der Waals surface area contributed by atoms with Crippen molar-refractivity contribution in [2.45, 2.75) is 18.8 Å². The van der Waals surface area contributed by atoms with Crippen LogP contribution in [-0.2, 0) is 10.2 Å². The Balaban J connectivity index is 2.33. The van der Waals surface area contributed by atoms with Crippen LogP contribution in [0.5, 0.6) is 0 Å². The van der Waals surface area contributed by atoms with Crippen molar-refractivity contribution in [1.29, 1.82) is 0 Å². The van der Waals surface area contributed by atoms with Gasteiger partial charge < -0.3 is 4.74 Å². The first-order valence-corrected chi connectivity index (χ1v) is 4.64. The van der Waals surface area contributed by atoms with Gasteiger partial charge in [0.1, 0.15) is 5.15 Å². The summed E-state index contributed by atoms with van der Waals surface area (Å²) in [6.45, 7) is 3.63. The highest BCUT2D eigenvalue weighted by molar-refractivity contribution is 6.29. The minimum absolute atomic E-state index is 0.00208. The van der Waals surface area contributed by atoms with Crippen LogP contribution in [0.3, 0.4) is 0 Å². The van der Waals surface area contributed by atoms with E-state index in [0.29, 0.717) is 11.8 Å². The normalized spacial score (nSPS) is 27.8. The van der Waals surface area contributed by atoms with Crippen molar-refractivity contribution in [2.24, 2.45) is 0 Å². The maximum atomic E-state index is 5.77. The molecule has 0 unspecified atom stereocenters. The largest absolute Gasteiger partial charge is 0.380 e. The first-order chi connectivity index (χ1) is 6.21. The summed E-state index contributed by atoms with van der Waals surface area (Å²) in [5, 5.41) is 0.450. The van der Waals surface area contributed by atoms with E-state index in [1.54, 1.807) is 12.4 Å². The van der Waals surface area contributed by atoms with Crippen LogP contribution >= 0.6 is 11.6 Å². The zero-order chi connectivity index (χ0) is 9.31. The molecule has 3 nitrogen and oxygen atoms in total. The van der Waals surface area contributed by atoms with Crippen LogP contribution in [0.15, 0.2) is 12.4 Å². The van der Waals surface area contributed by atoms with Gasteiger partial charge in [-0.1, -0.05) is 18.5 Å². The molecule has 13 heavy (non-hydrogen) atoms. The fourth-order valence-corrected chi connectivity index (χ4v) is 1.65. The lowest BCUT2D eigenvalue weighted by atomic mass is 9.86. The van der Waals surface area contributed by atoms with Gasteiger partial charge in [0.25, 0.3) is 0 Å². The minimum Gasteiger partial charge on any atom is -0.380 e. The van der Waals surface area contributed by atoms with Gasteiger partial charge in [-0.15, -0.1) is 0 Å². The van der Waals surface area contributed by atoms with Crippen LogP contribution in [-0.4, -0.2) is 23.2 Å². The summed E-state index contributed by atoms with van der Waals surface area (Å²) in [7, 11) is 0. The van der Waals surface area contributed by atoms with Gasteiger partial charge in [-0.05, 0) is 6.42 Å². The first-order valence-electron chi connectivity index (χ1n) is 4.26. The fraction of sp³-hybridized carbons (Fsp3) is 0.556. The highest BCUT2D eigenvalue weighted by Gasteiger charge is 2.33. The Morgan fingerprint density at radius 3 is 3.00 bits per heavy atom. The number of aromatic nitrogens is 2. The van der Waals surface area contributed by atoms with E-state index < -0.39 is 0 Å². The quantitative estimate of drug-likeness (QED) is 0.691. The fourth-order valence-electron chi connectivity index (χ4n) is 1.50. The van der Waals surface area contributed by atoms with Crippen molar-refractivity contribution >= 4 is 11.6 Å². The van der Waals surface area contributed by atoms with Crippen LogP contribution in [0, 0.1) is 0 Å². The van der Waals surface area contributed by atoms with Gasteiger partial charge in [0.15, 0.2) is 0 Å². The third-order valence-corrected chi connectivity index (χ3v) is 2.62. The van der Waals surface area contributed by atoms with Gasteiger partial charge in [0, 0.05) is 18.2 Å². The van der Waals surface area contributed by atoms with E-state index in [2.05, 4.69) is 16.9 Å². The second kappa shape index (κ2) is 3.24. The standard InChI is InChI=1S/C9H11ClN2O/c1-9(2-3-13-6-9)7-4-11-5-8(10)12-7/h4-5H,2-3,6H2,1H3/t9-/m1/s1. The van der Waals surface area contributed by atoms with Crippen LogP contribution in [0.2, 0.25) is 5.15 Å². The van der Waals surface area contributed by atoms with E-state index in [0.717, 1.165) is 18.7 Å². The molecule has 1 aromatic rings. The molecule has 2 rings (SSSR count). The highest BCUT2D eigenvalue weighted by atomic mass is 35.5. The predicted octanol–water partition coefficient (Wildman–Crippen LogP) is 1.81. The zero-order valence-corrected chi connectivity index (χ0v) is 8.21. The van der Waals surface area contributed by atoms with Gasteiger partial charge in [0.2, 0.25) is 0 Å². The molecule has 1 fully saturated rings. The molecule has 1 aliphatic heterocycles. The molecular weight excluding hydrogens is 188 g/mol. The summed E-state index contributed by atoms with van der Waals surface area (Å²) in [6, 6.07) is 0. The molecule has 0 bridgehead atoms. The Hall–Kier alpha value is -0.670. The van der Waals surface area contributed by atoms with Crippen molar-refractivity contribution in [3.8, 4) is 0 Å². The van der Waals surface area contributed by atoms with Gasteiger partial charge in [-0.25, -0.2) is 4.98 Å². The number of halogens is 1. The molecule has 0 spiro atoms. The Bertz CT molecular complexity index is 310. The molecule has 1 aromatic heterocycles. The highest BCUT2D eigenvalue weighted by Crippen LogP contribution is 2.31. The second-order valence-corrected chi connectivity index (χ2v) is 3.98. The van der Waals surface area contributed by atoms with E-state index in [4.69, 9.17) is 16.3 Å². The van der Waals surface area contributed by atoms with E-state index in [9.17, 15) is 0 Å². The lowest BCUT2D eigenvalue weighted by molar-refractivity contribution is 0.180. The average Bonchev–Trinajstić information content (AvgIpc) is 2.54. The van der Waals surface area contributed by atoms with E-state index in [-0.39, 0.29) is 5.41 Å². The molecule has 70 valence electrons. The molecule has 0 saturated carbocycles. The van der Waals surface area contributed by atoms with Gasteiger partial charge in [-0.3, -0.25) is 4.98 Å². The topological polar surface area (TPSA) is 35.0 Å². The lowest BCUT2D eigenvalue weighted by Crippen LogP contribution is -2.23. The number of hydrogen-bond acceptors (Lipinski definition) is 3. The monoisotopic (exact) mass is 198 g/mol. The van der Waals surface area contributed by atoms with Gasteiger partial charge in [-0.2, -0.15) is 0 Å². The summed E-state index contributed by atoms with van der Waals surface area (Å²) in [5.74, 6) is 0. The molecule has 0 N–H and O–H groups in total. The first kappa shape index (κ1) is 8.91. The summed E-state index contributed by atoms with van der Waals surface area (Å²) in [6.07, 6.45) is 4.30. The van der Waals surface area contributed by atoms with Crippen molar-refractivity contribution in [1.82, 2.24) is 9.97 Å². The van der Waals surface area contributed by atoms with Crippen molar-refractivity contribution in [3.63, 3.8) is 0 Å². The van der Waals surface area contributed by atoms with E-state index in [1.807, 2.05) is 0 Å². The molecule has 2 heterocycles. The molecule has 4 heteroatoms.